The Balaban J connectivity index is 1.28. The SMILES string of the molecule is O=C(c1ccccc1C(F)(F)F)N1CCN(c2cnc3c(c2)C(=O)N(Cc2ccccc2)C3=O)CC1. The monoisotopic (exact) mass is 494 g/mol. The molecule has 2 aromatic carbocycles. The standard InChI is InChI=1S/C26H21F3N4O3/c27-26(28,29)21-9-5-4-8-19(21)23(34)32-12-10-31(11-13-32)18-14-20-22(30-15-18)25(36)33(24(20)35)16-17-6-2-1-3-7-17/h1-9,14-15H,10-13,16H2. The van der Waals surface area contributed by atoms with E-state index in [2.05, 4.69) is 4.98 Å². The third-order valence-electron chi connectivity index (χ3n) is 6.37. The Morgan fingerprint density at radius 2 is 1.56 bits per heavy atom. The van der Waals surface area contributed by atoms with Crippen molar-refractivity contribution in [2.75, 3.05) is 31.1 Å². The van der Waals surface area contributed by atoms with Crippen LogP contribution in [-0.2, 0) is 12.7 Å². The molecule has 0 bridgehead atoms. The maximum absolute atomic E-state index is 13.3. The van der Waals surface area contributed by atoms with Crippen LogP contribution in [-0.4, -0.2) is 58.7 Å². The normalized spacial score (nSPS) is 15.9. The minimum atomic E-state index is -4.62. The van der Waals surface area contributed by atoms with Crippen LogP contribution in [0.5, 0.6) is 0 Å². The number of nitrogens with zero attached hydrogens (tertiary/aromatic N) is 4. The molecular formula is C26H21F3N4O3. The van der Waals surface area contributed by atoms with E-state index >= 15 is 0 Å². The predicted molar refractivity (Wildman–Crippen MR) is 124 cm³/mol. The lowest BCUT2D eigenvalue weighted by molar-refractivity contribution is -0.138. The Morgan fingerprint density at radius 1 is 0.889 bits per heavy atom. The van der Waals surface area contributed by atoms with Gasteiger partial charge in [0.1, 0.15) is 5.69 Å². The van der Waals surface area contributed by atoms with E-state index < -0.39 is 29.5 Å². The molecule has 0 unspecified atom stereocenters. The van der Waals surface area contributed by atoms with E-state index in [-0.39, 0.29) is 36.5 Å². The number of halogens is 3. The lowest BCUT2D eigenvalue weighted by atomic mass is 10.1. The lowest BCUT2D eigenvalue weighted by Gasteiger charge is -2.36. The number of fused-ring (bicyclic) bond motifs is 1. The molecule has 36 heavy (non-hydrogen) atoms. The number of rotatable bonds is 4. The summed E-state index contributed by atoms with van der Waals surface area (Å²) >= 11 is 0. The van der Waals surface area contributed by atoms with Crippen molar-refractivity contribution in [1.82, 2.24) is 14.8 Å². The fourth-order valence-electron chi connectivity index (χ4n) is 4.49. The van der Waals surface area contributed by atoms with Gasteiger partial charge in [0.05, 0.1) is 35.1 Å². The van der Waals surface area contributed by atoms with E-state index in [0.717, 1.165) is 16.5 Å². The molecule has 5 rings (SSSR count). The topological polar surface area (TPSA) is 73.8 Å². The van der Waals surface area contributed by atoms with Crippen molar-refractivity contribution in [1.29, 1.82) is 0 Å². The van der Waals surface area contributed by atoms with Crippen molar-refractivity contribution in [3.8, 4) is 0 Å². The van der Waals surface area contributed by atoms with Crippen molar-refractivity contribution in [2.24, 2.45) is 0 Å². The van der Waals surface area contributed by atoms with Gasteiger partial charge in [-0.2, -0.15) is 13.2 Å². The van der Waals surface area contributed by atoms with Gasteiger partial charge in [-0.15, -0.1) is 0 Å². The number of piperazine rings is 1. The zero-order valence-electron chi connectivity index (χ0n) is 19.0. The van der Waals surface area contributed by atoms with Crippen LogP contribution in [0.1, 0.15) is 42.3 Å². The van der Waals surface area contributed by atoms with E-state index in [0.29, 0.717) is 18.8 Å². The second kappa shape index (κ2) is 9.10. The molecule has 0 spiro atoms. The molecular weight excluding hydrogens is 473 g/mol. The van der Waals surface area contributed by atoms with Crippen molar-refractivity contribution in [3.05, 3.63) is 94.8 Å². The number of carbonyl (C=O) groups excluding carboxylic acids is 3. The summed E-state index contributed by atoms with van der Waals surface area (Å²) < 4.78 is 40.0. The molecule has 0 N–H and O–H groups in total. The molecule has 0 saturated carbocycles. The third kappa shape index (κ3) is 4.30. The van der Waals surface area contributed by atoms with Crippen LogP contribution >= 0.6 is 0 Å². The Morgan fingerprint density at radius 3 is 2.25 bits per heavy atom. The van der Waals surface area contributed by atoms with Crippen LogP contribution in [0, 0.1) is 0 Å². The average Bonchev–Trinajstić information content (AvgIpc) is 3.12. The molecule has 3 aromatic rings. The molecule has 10 heteroatoms. The first kappa shape index (κ1) is 23.5. The first-order valence-corrected chi connectivity index (χ1v) is 11.3. The maximum Gasteiger partial charge on any atom is 0.417 e. The molecule has 0 atom stereocenters. The van der Waals surface area contributed by atoms with Crippen molar-refractivity contribution >= 4 is 23.4 Å². The summed E-state index contributed by atoms with van der Waals surface area (Å²) in [5, 5.41) is 0. The molecule has 1 fully saturated rings. The number of benzene rings is 2. The quantitative estimate of drug-likeness (QED) is 0.515. The second-order valence-electron chi connectivity index (χ2n) is 8.59. The molecule has 0 aliphatic carbocycles. The van der Waals surface area contributed by atoms with Crippen LogP contribution in [0.3, 0.4) is 0 Å². The highest BCUT2D eigenvalue weighted by Crippen LogP contribution is 2.33. The van der Waals surface area contributed by atoms with Gasteiger partial charge in [-0.1, -0.05) is 42.5 Å². The number of hydrogen-bond donors (Lipinski definition) is 0. The first-order valence-electron chi connectivity index (χ1n) is 11.3. The molecule has 1 saturated heterocycles. The van der Waals surface area contributed by atoms with E-state index in [4.69, 9.17) is 0 Å². The summed E-state index contributed by atoms with van der Waals surface area (Å²) in [7, 11) is 0. The second-order valence-corrected chi connectivity index (χ2v) is 8.59. The van der Waals surface area contributed by atoms with Gasteiger partial charge in [-0.05, 0) is 23.8 Å². The zero-order valence-corrected chi connectivity index (χ0v) is 19.0. The number of hydrogen-bond acceptors (Lipinski definition) is 5. The van der Waals surface area contributed by atoms with Gasteiger partial charge >= 0.3 is 6.18 Å². The first-order chi connectivity index (χ1) is 17.2. The highest BCUT2D eigenvalue weighted by molar-refractivity contribution is 6.20. The van der Waals surface area contributed by atoms with Crippen LogP contribution in [0.25, 0.3) is 0 Å². The summed E-state index contributed by atoms with van der Waals surface area (Å²) in [6.45, 7) is 1.24. The molecule has 2 aliphatic rings. The average molecular weight is 494 g/mol. The number of imide groups is 1. The van der Waals surface area contributed by atoms with Gasteiger partial charge in [0.25, 0.3) is 17.7 Å². The van der Waals surface area contributed by atoms with Gasteiger partial charge in [0.15, 0.2) is 0 Å². The Kier molecular flexibility index (Phi) is 5.95. The Labute approximate surface area is 204 Å². The number of alkyl halides is 3. The molecule has 3 amide bonds. The predicted octanol–water partition coefficient (Wildman–Crippen LogP) is 3.86. The number of carbonyl (C=O) groups is 3. The Hall–Kier alpha value is -4.21. The molecule has 0 radical (unpaired) electrons. The summed E-state index contributed by atoms with van der Waals surface area (Å²) in [5.74, 6) is -1.55. The largest absolute Gasteiger partial charge is 0.417 e. The van der Waals surface area contributed by atoms with Gasteiger partial charge < -0.3 is 9.80 Å². The summed E-state index contributed by atoms with van der Waals surface area (Å²) in [5.41, 5.74) is 0.409. The fourth-order valence-corrected chi connectivity index (χ4v) is 4.49. The smallest absolute Gasteiger partial charge is 0.367 e. The van der Waals surface area contributed by atoms with Crippen molar-refractivity contribution in [2.45, 2.75) is 12.7 Å². The van der Waals surface area contributed by atoms with Crippen molar-refractivity contribution in [3.63, 3.8) is 0 Å². The van der Waals surface area contributed by atoms with E-state index in [1.54, 1.807) is 6.07 Å². The molecule has 7 nitrogen and oxygen atoms in total. The number of aromatic nitrogens is 1. The highest BCUT2D eigenvalue weighted by atomic mass is 19.4. The third-order valence-corrected chi connectivity index (χ3v) is 6.37. The van der Waals surface area contributed by atoms with E-state index in [1.807, 2.05) is 35.2 Å². The van der Waals surface area contributed by atoms with E-state index in [9.17, 15) is 27.6 Å². The van der Waals surface area contributed by atoms with Gasteiger partial charge in [0.2, 0.25) is 0 Å². The van der Waals surface area contributed by atoms with Gasteiger partial charge in [-0.3, -0.25) is 19.3 Å². The summed E-state index contributed by atoms with van der Waals surface area (Å²) in [4.78, 5) is 47.2. The zero-order chi connectivity index (χ0) is 25.4. The van der Waals surface area contributed by atoms with Crippen LogP contribution in [0.15, 0.2) is 66.9 Å². The van der Waals surface area contributed by atoms with Gasteiger partial charge in [0, 0.05) is 26.2 Å². The maximum atomic E-state index is 13.3. The lowest BCUT2D eigenvalue weighted by Crippen LogP contribution is -2.49. The van der Waals surface area contributed by atoms with Crippen LogP contribution in [0.2, 0.25) is 0 Å². The minimum absolute atomic E-state index is 0.0947. The summed E-state index contributed by atoms with van der Waals surface area (Å²) in [6, 6.07) is 15.5. The highest BCUT2D eigenvalue weighted by Gasteiger charge is 2.38. The molecule has 2 aliphatic heterocycles. The Bertz CT molecular complexity index is 1340. The molecule has 3 heterocycles. The number of pyridine rings is 1. The summed E-state index contributed by atoms with van der Waals surface area (Å²) in [6.07, 6.45) is -3.12. The molecule has 1 aromatic heterocycles. The number of amides is 3. The fraction of sp³-hybridized carbons (Fsp3) is 0.231. The molecule has 184 valence electrons. The number of anilines is 1. The minimum Gasteiger partial charge on any atom is -0.367 e. The van der Waals surface area contributed by atoms with E-state index in [1.165, 1.54) is 29.3 Å². The van der Waals surface area contributed by atoms with Crippen LogP contribution in [0.4, 0.5) is 18.9 Å². The van der Waals surface area contributed by atoms with Crippen molar-refractivity contribution < 1.29 is 27.6 Å². The van der Waals surface area contributed by atoms with Gasteiger partial charge in [-0.25, -0.2) is 4.98 Å². The van der Waals surface area contributed by atoms with Crippen LogP contribution < -0.4 is 4.90 Å².